The van der Waals surface area contributed by atoms with Crippen molar-refractivity contribution in [3.63, 3.8) is 0 Å². The summed E-state index contributed by atoms with van der Waals surface area (Å²) in [6.07, 6.45) is 3.04. The van der Waals surface area contributed by atoms with Gasteiger partial charge in [-0.3, -0.25) is 9.79 Å². The van der Waals surface area contributed by atoms with Crippen molar-refractivity contribution in [1.29, 1.82) is 0 Å². The fraction of sp³-hybridized carbons (Fsp3) is 0.579. The Morgan fingerprint density at radius 2 is 2.24 bits per heavy atom. The molecule has 1 atom stereocenters. The smallest absolute Gasteiger partial charge is 0.225 e. The summed E-state index contributed by atoms with van der Waals surface area (Å²) in [6, 6.07) is 8.70. The van der Waals surface area contributed by atoms with Gasteiger partial charge in [0.15, 0.2) is 5.96 Å². The number of amides is 1. The zero-order chi connectivity index (χ0) is 18.2. The molecule has 2 rings (SSSR count). The number of aryl methyl sites for hydroxylation is 1. The average Bonchev–Trinajstić information content (AvgIpc) is 3.05. The molecule has 1 aliphatic heterocycles. The predicted molar refractivity (Wildman–Crippen MR) is 107 cm³/mol. The van der Waals surface area contributed by atoms with Crippen LogP contribution in [0.4, 0.5) is 0 Å². The molecule has 138 valence electrons. The number of halogens is 1. The number of likely N-dealkylation sites (tertiary alicyclic amines) is 1. The summed E-state index contributed by atoms with van der Waals surface area (Å²) in [5.74, 6) is 1.12. The van der Waals surface area contributed by atoms with Crippen LogP contribution >= 0.6 is 15.9 Å². The topological polar surface area (TPSA) is 56.7 Å². The Kier molecular flexibility index (Phi) is 7.75. The van der Waals surface area contributed by atoms with E-state index in [4.69, 9.17) is 0 Å². The monoisotopic (exact) mass is 408 g/mol. The predicted octanol–water partition coefficient (Wildman–Crippen LogP) is 2.80. The standard InChI is InChI=1S/C19H29BrN4O/c1-14(2)18(25)24-11-9-17(13-24)23-19(21-3)22-10-5-7-15-6-4-8-16(20)12-15/h4,6,8,12,14,17H,5,7,9-11,13H2,1-3H3,(H2,21,22,23). The van der Waals surface area contributed by atoms with Gasteiger partial charge < -0.3 is 15.5 Å². The number of benzene rings is 1. The number of rotatable bonds is 6. The largest absolute Gasteiger partial charge is 0.356 e. The summed E-state index contributed by atoms with van der Waals surface area (Å²) in [4.78, 5) is 18.3. The maximum absolute atomic E-state index is 12.1. The molecule has 1 amide bonds. The molecule has 1 aromatic rings. The molecule has 0 saturated carbocycles. The van der Waals surface area contributed by atoms with Crippen LogP contribution in [-0.2, 0) is 11.2 Å². The highest BCUT2D eigenvalue weighted by Crippen LogP contribution is 2.13. The minimum Gasteiger partial charge on any atom is -0.356 e. The first-order valence-electron chi connectivity index (χ1n) is 9.00. The first kappa shape index (κ1) is 19.8. The fourth-order valence-electron chi connectivity index (χ4n) is 3.02. The van der Waals surface area contributed by atoms with Crippen LogP contribution in [0.15, 0.2) is 33.7 Å². The third-order valence-electron chi connectivity index (χ3n) is 4.38. The molecule has 0 radical (unpaired) electrons. The summed E-state index contributed by atoms with van der Waals surface area (Å²) in [6.45, 7) is 6.36. The van der Waals surface area contributed by atoms with E-state index in [0.29, 0.717) is 0 Å². The second-order valence-corrected chi connectivity index (χ2v) is 7.72. The maximum atomic E-state index is 12.1. The molecule has 0 aromatic heterocycles. The van der Waals surface area contributed by atoms with Gasteiger partial charge in [0, 0.05) is 43.1 Å². The second-order valence-electron chi connectivity index (χ2n) is 6.80. The van der Waals surface area contributed by atoms with Gasteiger partial charge in [-0.05, 0) is 37.0 Å². The number of hydrogen-bond acceptors (Lipinski definition) is 2. The van der Waals surface area contributed by atoms with Crippen LogP contribution in [0.1, 0.15) is 32.3 Å². The lowest BCUT2D eigenvalue weighted by Gasteiger charge is -2.20. The fourth-order valence-corrected chi connectivity index (χ4v) is 3.47. The highest BCUT2D eigenvalue weighted by atomic mass is 79.9. The lowest BCUT2D eigenvalue weighted by Crippen LogP contribution is -2.45. The van der Waals surface area contributed by atoms with Crippen LogP contribution in [0.3, 0.4) is 0 Å². The van der Waals surface area contributed by atoms with Gasteiger partial charge in [-0.1, -0.05) is 41.9 Å². The average molecular weight is 409 g/mol. The van der Waals surface area contributed by atoms with Crippen LogP contribution in [0, 0.1) is 5.92 Å². The van der Waals surface area contributed by atoms with E-state index in [-0.39, 0.29) is 17.9 Å². The quantitative estimate of drug-likeness (QED) is 0.432. The zero-order valence-corrected chi connectivity index (χ0v) is 17.0. The second kappa shape index (κ2) is 9.80. The zero-order valence-electron chi connectivity index (χ0n) is 15.4. The van der Waals surface area contributed by atoms with E-state index < -0.39 is 0 Å². The van der Waals surface area contributed by atoms with E-state index in [9.17, 15) is 4.79 Å². The van der Waals surface area contributed by atoms with Crippen molar-refractivity contribution in [2.24, 2.45) is 10.9 Å². The van der Waals surface area contributed by atoms with Gasteiger partial charge >= 0.3 is 0 Å². The Morgan fingerprint density at radius 3 is 2.92 bits per heavy atom. The maximum Gasteiger partial charge on any atom is 0.225 e. The summed E-state index contributed by atoms with van der Waals surface area (Å²) in [5.41, 5.74) is 1.33. The molecule has 1 aromatic carbocycles. The third-order valence-corrected chi connectivity index (χ3v) is 4.88. The van der Waals surface area contributed by atoms with Crippen molar-refractivity contribution in [1.82, 2.24) is 15.5 Å². The molecule has 0 bridgehead atoms. The first-order valence-corrected chi connectivity index (χ1v) is 9.79. The summed E-state index contributed by atoms with van der Waals surface area (Å²) >= 11 is 3.51. The SMILES string of the molecule is CN=C(NCCCc1cccc(Br)c1)NC1CCN(C(=O)C(C)C)C1. The van der Waals surface area contributed by atoms with Gasteiger partial charge in [0.25, 0.3) is 0 Å². The summed E-state index contributed by atoms with van der Waals surface area (Å²) in [7, 11) is 1.79. The molecule has 0 spiro atoms. The first-order chi connectivity index (χ1) is 12.0. The number of nitrogens with zero attached hydrogens (tertiary/aromatic N) is 2. The van der Waals surface area contributed by atoms with Crippen molar-refractivity contribution in [2.75, 3.05) is 26.7 Å². The van der Waals surface area contributed by atoms with E-state index in [1.807, 2.05) is 24.8 Å². The molecule has 1 aliphatic rings. The molecular formula is C19H29BrN4O. The van der Waals surface area contributed by atoms with E-state index in [2.05, 4.69) is 49.8 Å². The number of aliphatic imine (C=N–C) groups is 1. The van der Waals surface area contributed by atoms with Crippen LogP contribution in [0.25, 0.3) is 0 Å². The Morgan fingerprint density at radius 1 is 1.44 bits per heavy atom. The van der Waals surface area contributed by atoms with Crippen LogP contribution in [-0.4, -0.2) is 49.5 Å². The molecule has 1 fully saturated rings. The lowest BCUT2D eigenvalue weighted by molar-refractivity contribution is -0.133. The van der Waals surface area contributed by atoms with Crippen LogP contribution in [0.2, 0.25) is 0 Å². The molecule has 1 saturated heterocycles. The molecule has 5 nitrogen and oxygen atoms in total. The molecule has 6 heteroatoms. The Hall–Kier alpha value is -1.56. The number of carbonyl (C=O) groups excluding carboxylic acids is 1. The van der Waals surface area contributed by atoms with Gasteiger partial charge in [0.2, 0.25) is 5.91 Å². The van der Waals surface area contributed by atoms with E-state index in [0.717, 1.165) is 49.3 Å². The number of carbonyl (C=O) groups is 1. The van der Waals surface area contributed by atoms with Crippen LogP contribution < -0.4 is 10.6 Å². The lowest BCUT2D eigenvalue weighted by atomic mass is 10.1. The van der Waals surface area contributed by atoms with Gasteiger partial charge in [-0.15, -0.1) is 0 Å². The van der Waals surface area contributed by atoms with E-state index in [1.165, 1.54) is 5.56 Å². The third kappa shape index (κ3) is 6.34. The number of hydrogen-bond donors (Lipinski definition) is 2. The van der Waals surface area contributed by atoms with Crippen molar-refractivity contribution in [3.05, 3.63) is 34.3 Å². The van der Waals surface area contributed by atoms with Crippen molar-refractivity contribution < 1.29 is 4.79 Å². The van der Waals surface area contributed by atoms with Crippen molar-refractivity contribution >= 4 is 27.8 Å². The number of guanidine groups is 1. The number of nitrogens with one attached hydrogen (secondary N) is 2. The van der Waals surface area contributed by atoms with Gasteiger partial charge in [0.05, 0.1) is 0 Å². The molecule has 1 heterocycles. The summed E-state index contributed by atoms with van der Waals surface area (Å²) in [5, 5.41) is 6.81. The molecule has 2 N–H and O–H groups in total. The normalized spacial score (nSPS) is 17.9. The Bertz CT molecular complexity index is 603. The minimum atomic E-state index is 0.0641. The minimum absolute atomic E-state index is 0.0641. The van der Waals surface area contributed by atoms with E-state index in [1.54, 1.807) is 7.05 Å². The Balaban J connectivity index is 1.70. The van der Waals surface area contributed by atoms with Crippen LogP contribution in [0.5, 0.6) is 0 Å². The molecule has 25 heavy (non-hydrogen) atoms. The molecular weight excluding hydrogens is 380 g/mol. The van der Waals surface area contributed by atoms with Crippen molar-refractivity contribution in [2.45, 2.75) is 39.2 Å². The van der Waals surface area contributed by atoms with Gasteiger partial charge in [0.1, 0.15) is 0 Å². The van der Waals surface area contributed by atoms with E-state index >= 15 is 0 Å². The van der Waals surface area contributed by atoms with Gasteiger partial charge in [-0.25, -0.2) is 0 Å². The highest BCUT2D eigenvalue weighted by Gasteiger charge is 2.27. The highest BCUT2D eigenvalue weighted by molar-refractivity contribution is 9.10. The summed E-state index contributed by atoms with van der Waals surface area (Å²) < 4.78 is 1.12. The molecule has 1 unspecified atom stereocenters. The molecule has 0 aliphatic carbocycles. The Labute approximate surface area is 159 Å². The van der Waals surface area contributed by atoms with Gasteiger partial charge in [-0.2, -0.15) is 0 Å². The van der Waals surface area contributed by atoms with Crippen molar-refractivity contribution in [3.8, 4) is 0 Å².